The minimum atomic E-state index is -0.325. The molecule has 78 valence electrons. The highest BCUT2D eigenvalue weighted by atomic mass is 16.2. The van der Waals surface area contributed by atoms with Gasteiger partial charge in [-0.1, -0.05) is 26.7 Å². The predicted octanol–water partition coefficient (Wildman–Crippen LogP) is 1.42. The topological polar surface area (TPSA) is 55.1 Å². The van der Waals surface area contributed by atoms with Gasteiger partial charge in [0.25, 0.3) is 0 Å². The number of nitrogens with one attached hydrogen (secondary N) is 1. The third kappa shape index (κ3) is 5.64. The second-order valence-electron chi connectivity index (χ2n) is 3.57. The average molecular weight is 186 g/mol. The van der Waals surface area contributed by atoms with E-state index in [1.165, 1.54) is 0 Å². The Morgan fingerprint density at radius 1 is 1.46 bits per heavy atom. The van der Waals surface area contributed by atoms with Crippen LogP contribution >= 0.6 is 0 Å². The summed E-state index contributed by atoms with van der Waals surface area (Å²) in [7, 11) is 0. The molecule has 0 radical (unpaired) electrons. The molecule has 0 saturated carbocycles. The number of nitrogens with two attached hydrogens (primary N) is 1. The van der Waals surface area contributed by atoms with E-state index < -0.39 is 0 Å². The van der Waals surface area contributed by atoms with Crippen molar-refractivity contribution >= 4 is 5.91 Å². The highest BCUT2D eigenvalue weighted by molar-refractivity contribution is 5.81. The molecule has 0 aromatic heterocycles. The molecule has 0 aliphatic heterocycles. The fourth-order valence-electron chi connectivity index (χ4n) is 1.01. The van der Waals surface area contributed by atoms with Crippen LogP contribution in [0.2, 0.25) is 0 Å². The number of carbonyl (C=O) groups excluding carboxylic acids is 1. The molecule has 0 aromatic rings. The third-order valence-corrected chi connectivity index (χ3v) is 2.21. The summed E-state index contributed by atoms with van der Waals surface area (Å²) in [4.78, 5) is 11.4. The molecular formula is C10H22N2O. The Kier molecular flexibility index (Phi) is 6.59. The summed E-state index contributed by atoms with van der Waals surface area (Å²) in [5, 5.41) is 2.87. The summed E-state index contributed by atoms with van der Waals surface area (Å²) in [6.07, 6.45) is 3.85. The zero-order valence-corrected chi connectivity index (χ0v) is 8.97. The Morgan fingerprint density at radius 2 is 2.08 bits per heavy atom. The Morgan fingerprint density at radius 3 is 2.54 bits per heavy atom. The van der Waals surface area contributed by atoms with Gasteiger partial charge in [-0.25, -0.2) is 0 Å². The zero-order valence-electron chi connectivity index (χ0n) is 8.97. The molecule has 0 bridgehead atoms. The van der Waals surface area contributed by atoms with Crippen LogP contribution in [0.3, 0.4) is 0 Å². The first kappa shape index (κ1) is 12.4. The Balaban J connectivity index is 3.68. The summed E-state index contributed by atoms with van der Waals surface area (Å²) in [6.45, 7) is 6.13. The number of carbonyl (C=O) groups is 1. The maximum absolute atomic E-state index is 11.4. The molecule has 2 atom stereocenters. The lowest BCUT2D eigenvalue weighted by Gasteiger charge is -2.15. The molecule has 0 spiro atoms. The first-order chi connectivity index (χ1) is 6.11. The number of hydrogen-bond acceptors (Lipinski definition) is 2. The molecule has 0 aliphatic rings. The maximum Gasteiger partial charge on any atom is 0.237 e. The van der Waals surface area contributed by atoms with Crippen molar-refractivity contribution < 1.29 is 4.79 Å². The molecule has 0 fully saturated rings. The van der Waals surface area contributed by atoms with Crippen molar-refractivity contribution in [2.75, 3.05) is 0 Å². The lowest BCUT2D eigenvalue weighted by Crippen LogP contribution is -2.44. The number of hydrogen-bond donors (Lipinski definition) is 2. The molecule has 13 heavy (non-hydrogen) atoms. The van der Waals surface area contributed by atoms with Gasteiger partial charge in [-0.05, 0) is 19.8 Å². The van der Waals surface area contributed by atoms with Gasteiger partial charge < -0.3 is 11.1 Å². The van der Waals surface area contributed by atoms with Crippen molar-refractivity contribution in [1.29, 1.82) is 0 Å². The highest BCUT2D eigenvalue weighted by Gasteiger charge is 2.13. The first-order valence-electron chi connectivity index (χ1n) is 5.17. The van der Waals surface area contributed by atoms with Gasteiger partial charge >= 0.3 is 0 Å². The molecular weight excluding hydrogens is 164 g/mol. The SMILES string of the molecule is CCCC[C@H](N)C(=O)NC(C)CC. The van der Waals surface area contributed by atoms with Crippen molar-refractivity contribution in [1.82, 2.24) is 5.32 Å². The number of amides is 1. The highest BCUT2D eigenvalue weighted by Crippen LogP contribution is 1.99. The van der Waals surface area contributed by atoms with E-state index in [9.17, 15) is 4.79 Å². The molecule has 0 rings (SSSR count). The minimum absolute atomic E-state index is 0.0113. The quantitative estimate of drug-likeness (QED) is 0.659. The Hall–Kier alpha value is -0.570. The van der Waals surface area contributed by atoms with Crippen molar-refractivity contribution in [3.05, 3.63) is 0 Å². The largest absolute Gasteiger partial charge is 0.352 e. The van der Waals surface area contributed by atoms with Crippen molar-refractivity contribution in [3.8, 4) is 0 Å². The summed E-state index contributed by atoms with van der Waals surface area (Å²) in [6, 6.07) is -0.0888. The van der Waals surface area contributed by atoms with E-state index in [-0.39, 0.29) is 18.0 Å². The van der Waals surface area contributed by atoms with E-state index in [0.717, 1.165) is 25.7 Å². The second-order valence-corrected chi connectivity index (χ2v) is 3.57. The van der Waals surface area contributed by atoms with Crippen molar-refractivity contribution in [3.63, 3.8) is 0 Å². The number of unbranched alkanes of at least 4 members (excludes halogenated alkanes) is 1. The van der Waals surface area contributed by atoms with Gasteiger partial charge in [0.1, 0.15) is 0 Å². The zero-order chi connectivity index (χ0) is 10.3. The van der Waals surface area contributed by atoms with E-state index in [2.05, 4.69) is 12.2 Å². The summed E-state index contributed by atoms with van der Waals surface area (Å²) in [5.74, 6) is -0.0113. The molecule has 0 saturated heterocycles. The van der Waals surface area contributed by atoms with E-state index in [1.807, 2.05) is 13.8 Å². The molecule has 3 nitrogen and oxygen atoms in total. The van der Waals surface area contributed by atoms with E-state index in [1.54, 1.807) is 0 Å². The number of rotatable bonds is 6. The van der Waals surface area contributed by atoms with Crippen molar-refractivity contribution in [2.24, 2.45) is 5.73 Å². The van der Waals surface area contributed by atoms with Gasteiger partial charge in [0.15, 0.2) is 0 Å². The lowest BCUT2D eigenvalue weighted by molar-refractivity contribution is -0.123. The van der Waals surface area contributed by atoms with E-state index >= 15 is 0 Å². The monoisotopic (exact) mass is 186 g/mol. The van der Waals surface area contributed by atoms with Gasteiger partial charge in [0.05, 0.1) is 6.04 Å². The van der Waals surface area contributed by atoms with Crippen LogP contribution < -0.4 is 11.1 Å². The van der Waals surface area contributed by atoms with Crippen LogP contribution in [-0.4, -0.2) is 18.0 Å². The molecule has 3 heteroatoms. The summed E-state index contributed by atoms with van der Waals surface area (Å²) < 4.78 is 0. The predicted molar refractivity (Wildman–Crippen MR) is 55.4 cm³/mol. The van der Waals surface area contributed by atoms with Gasteiger partial charge in [-0.2, -0.15) is 0 Å². The molecule has 1 unspecified atom stereocenters. The molecule has 0 heterocycles. The maximum atomic E-state index is 11.4. The Bertz CT molecular complexity index is 148. The lowest BCUT2D eigenvalue weighted by atomic mass is 10.1. The molecule has 0 aromatic carbocycles. The van der Waals surface area contributed by atoms with Crippen LogP contribution in [0.15, 0.2) is 0 Å². The van der Waals surface area contributed by atoms with Crippen LogP contribution in [0.25, 0.3) is 0 Å². The fraction of sp³-hybridized carbons (Fsp3) is 0.900. The third-order valence-electron chi connectivity index (χ3n) is 2.21. The Labute approximate surface area is 81.1 Å². The van der Waals surface area contributed by atoms with Crippen LogP contribution in [0.4, 0.5) is 0 Å². The first-order valence-corrected chi connectivity index (χ1v) is 5.17. The normalized spacial score (nSPS) is 15.1. The van der Waals surface area contributed by atoms with Crippen LogP contribution in [-0.2, 0) is 4.79 Å². The van der Waals surface area contributed by atoms with Gasteiger partial charge in [0, 0.05) is 6.04 Å². The minimum Gasteiger partial charge on any atom is -0.352 e. The average Bonchev–Trinajstić information content (AvgIpc) is 2.13. The van der Waals surface area contributed by atoms with Gasteiger partial charge in [-0.3, -0.25) is 4.79 Å². The van der Waals surface area contributed by atoms with Crippen LogP contribution in [0.5, 0.6) is 0 Å². The smallest absolute Gasteiger partial charge is 0.237 e. The summed E-state index contributed by atoms with van der Waals surface area (Å²) in [5.41, 5.74) is 5.69. The molecule has 1 amide bonds. The van der Waals surface area contributed by atoms with Crippen LogP contribution in [0.1, 0.15) is 46.5 Å². The van der Waals surface area contributed by atoms with E-state index in [0.29, 0.717) is 0 Å². The van der Waals surface area contributed by atoms with Gasteiger partial charge in [-0.15, -0.1) is 0 Å². The van der Waals surface area contributed by atoms with E-state index in [4.69, 9.17) is 5.73 Å². The standard InChI is InChI=1S/C10H22N2O/c1-4-6-7-9(11)10(13)12-8(3)5-2/h8-9H,4-7,11H2,1-3H3,(H,12,13)/t8?,9-/m0/s1. The van der Waals surface area contributed by atoms with Gasteiger partial charge in [0.2, 0.25) is 5.91 Å². The second kappa shape index (κ2) is 6.89. The van der Waals surface area contributed by atoms with Crippen LogP contribution in [0, 0.1) is 0 Å². The summed E-state index contributed by atoms with van der Waals surface area (Å²) >= 11 is 0. The molecule has 0 aliphatic carbocycles. The van der Waals surface area contributed by atoms with Crippen molar-refractivity contribution in [2.45, 2.75) is 58.5 Å². The molecule has 3 N–H and O–H groups in total. The fourth-order valence-corrected chi connectivity index (χ4v) is 1.01.